The van der Waals surface area contributed by atoms with Crippen molar-refractivity contribution in [3.05, 3.63) is 22.6 Å². The Hall–Kier alpha value is -2.64. The molecule has 1 N–H and O–H groups in total. The Bertz CT molecular complexity index is 875. The summed E-state index contributed by atoms with van der Waals surface area (Å²) in [5.41, 5.74) is 1.04. The summed E-state index contributed by atoms with van der Waals surface area (Å²) in [5.74, 6) is 0.169. The van der Waals surface area contributed by atoms with Gasteiger partial charge >= 0.3 is 5.69 Å². The first-order chi connectivity index (χ1) is 12.5. The van der Waals surface area contributed by atoms with Crippen LogP contribution in [0.2, 0.25) is 0 Å². The van der Waals surface area contributed by atoms with Crippen molar-refractivity contribution in [1.82, 2.24) is 19.0 Å². The van der Waals surface area contributed by atoms with Gasteiger partial charge in [0, 0.05) is 40.0 Å². The van der Waals surface area contributed by atoms with Gasteiger partial charge in [-0.2, -0.15) is 0 Å². The zero-order valence-corrected chi connectivity index (χ0v) is 15.3. The van der Waals surface area contributed by atoms with E-state index in [2.05, 4.69) is 10.3 Å². The van der Waals surface area contributed by atoms with Gasteiger partial charge in [-0.3, -0.25) is 18.7 Å². The molecule has 140 valence electrons. The molecule has 0 saturated carbocycles. The molecule has 1 aliphatic heterocycles. The van der Waals surface area contributed by atoms with Crippen molar-refractivity contribution in [2.24, 2.45) is 14.1 Å². The van der Waals surface area contributed by atoms with Crippen molar-refractivity contribution in [3.8, 4) is 0 Å². The molecule has 8 heteroatoms. The Kier molecular flexibility index (Phi) is 5.39. The SMILES string of the molecule is Cn1c(=O)n(C)c2nc(NC(=O)CCC(=O)N3CCCCCC3)ccc21. The number of nitrogens with one attached hydrogen (secondary N) is 1. The maximum absolute atomic E-state index is 12.3. The number of hydrogen-bond donors (Lipinski definition) is 1. The first-order valence-corrected chi connectivity index (χ1v) is 9.07. The Morgan fingerprint density at radius 1 is 1.04 bits per heavy atom. The zero-order chi connectivity index (χ0) is 18.7. The lowest BCUT2D eigenvalue weighted by Crippen LogP contribution is -2.32. The molecule has 0 aliphatic carbocycles. The summed E-state index contributed by atoms with van der Waals surface area (Å²) in [7, 11) is 3.32. The average Bonchev–Trinajstić information content (AvgIpc) is 2.86. The molecule has 3 heterocycles. The van der Waals surface area contributed by atoms with Gasteiger partial charge in [-0.05, 0) is 25.0 Å². The number of carbonyl (C=O) groups excluding carboxylic acids is 2. The number of aryl methyl sites for hydroxylation is 2. The Labute approximate surface area is 151 Å². The van der Waals surface area contributed by atoms with Crippen LogP contribution in [-0.2, 0) is 23.7 Å². The Morgan fingerprint density at radius 2 is 1.73 bits per heavy atom. The number of rotatable bonds is 4. The van der Waals surface area contributed by atoms with E-state index in [4.69, 9.17) is 0 Å². The van der Waals surface area contributed by atoms with E-state index in [-0.39, 0.29) is 30.3 Å². The molecule has 0 atom stereocenters. The van der Waals surface area contributed by atoms with Crippen molar-refractivity contribution in [2.45, 2.75) is 38.5 Å². The zero-order valence-electron chi connectivity index (χ0n) is 15.3. The standard InChI is InChI=1S/C18H25N5O3/c1-21-13-7-8-14(20-17(13)22(2)18(21)26)19-15(24)9-10-16(25)23-11-5-3-4-6-12-23/h7-8H,3-6,9-12H2,1-2H3,(H,19,20,24). The van der Waals surface area contributed by atoms with Gasteiger partial charge in [0.2, 0.25) is 11.8 Å². The van der Waals surface area contributed by atoms with Crippen LogP contribution >= 0.6 is 0 Å². The lowest BCUT2D eigenvalue weighted by Gasteiger charge is -2.20. The van der Waals surface area contributed by atoms with Crippen molar-refractivity contribution in [2.75, 3.05) is 18.4 Å². The van der Waals surface area contributed by atoms with Crippen LogP contribution in [-0.4, -0.2) is 43.9 Å². The van der Waals surface area contributed by atoms with Gasteiger partial charge in [-0.25, -0.2) is 9.78 Å². The highest BCUT2D eigenvalue weighted by atomic mass is 16.2. The van der Waals surface area contributed by atoms with E-state index in [1.54, 1.807) is 26.2 Å². The van der Waals surface area contributed by atoms with Crippen molar-refractivity contribution in [1.29, 1.82) is 0 Å². The molecule has 0 bridgehead atoms. The van der Waals surface area contributed by atoms with E-state index < -0.39 is 0 Å². The van der Waals surface area contributed by atoms with E-state index in [0.29, 0.717) is 17.0 Å². The second kappa shape index (κ2) is 7.72. The number of imidazole rings is 1. The van der Waals surface area contributed by atoms with Crippen LogP contribution in [0.25, 0.3) is 11.2 Å². The predicted molar refractivity (Wildman–Crippen MR) is 98.9 cm³/mol. The van der Waals surface area contributed by atoms with Crippen molar-refractivity contribution in [3.63, 3.8) is 0 Å². The van der Waals surface area contributed by atoms with Crippen molar-refractivity contribution < 1.29 is 9.59 Å². The summed E-state index contributed by atoms with van der Waals surface area (Å²) >= 11 is 0. The van der Waals surface area contributed by atoms with E-state index in [0.717, 1.165) is 25.9 Å². The highest BCUT2D eigenvalue weighted by Gasteiger charge is 2.17. The summed E-state index contributed by atoms with van der Waals surface area (Å²) in [6, 6.07) is 3.41. The molecule has 0 unspecified atom stereocenters. The maximum atomic E-state index is 12.3. The summed E-state index contributed by atoms with van der Waals surface area (Å²) in [6.07, 6.45) is 4.75. The second-order valence-corrected chi connectivity index (χ2v) is 6.78. The fraction of sp³-hybridized carbons (Fsp3) is 0.556. The van der Waals surface area contributed by atoms with Crippen LogP contribution in [0.15, 0.2) is 16.9 Å². The minimum Gasteiger partial charge on any atom is -0.343 e. The van der Waals surface area contributed by atoms with E-state index in [9.17, 15) is 14.4 Å². The fourth-order valence-corrected chi connectivity index (χ4v) is 3.34. The summed E-state index contributed by atoms with van der Waals surface area (Å²) < 4.78 is 2.95. The van der Waals surface area contributed by atoms with Gasteiger partial charge in [0.1, 0.15) is 5.82 Å². The molecule has 2 aromatic heterocycles. The molecule has 2 amide bonds. The summed E-state index contributed by atoms with van der Waals surface area (Å²) in [5, 5.41) is 2.72. The van der Waals surface area contributed by atoms with Crippen LogP contribution in [0.5, 0.6) is 0 Å². The molecular weight excluding hydrogens is 334 g/mol. The third-order valence-corrected chi connectivity index (χ3v) is 4.90. The summed E-state index contributed by atoms with van der Waals surface area (Å²) in [4.78, 5) is 42.6. The Balaban J connectivity index is 1.59. The van der Waals surface area contributed by atoms with Crippen LogP contribution < -0.4 is 11.0 Å². The monoisotopic (exact) mass is 359 g/mol. The van der Waals surface area contributed by atoms with Gasteiger partial charge < -0.3 is 10.2 Å². The van der Waals surface area contributed by atoms with Crippen molar-refractivity contribution >= 4 is 28.8 Å². The second-order valence-electron chi connectivity index (χ2n) is 6.78. The highest BCUT2D eigenvalue weighted by Crippen LogP contribution is 2.14. The number of likely N-dealkylation sites (tertiary alicyclic amines) is 1. The smallest absolute Gasteiger partial charge is 0.329 e. The van der Waals surface area contributed by atoms with Gasteiger partial charge in [0.05, 0.1) is 5.52 Å². The van der Waals surface area contributed by atoms with Crippen LogP contribution in [0.4, 0.5) is 5.82 Å². The molecule has 26 heavy (non-hydrogen) atoms. The number of hydrogen-bond acceptors (Lipinski definition) is 4. The maximum Gasteiger partial charge on any atom is 0.329 e. The van der Waals surface area contributed by atoms with E-state index in [1.165, 1.54) is 22.0 Å². The van der Waals surface area contributed by atoms with E-state index in [1.807, 2.05) is 4.90 Å². The number of fused-ring (bicyclic) bond motifs is 1. The van der Waals surface area contributed by atoms with E-state index >= 15 is 0 Å². The molecule has 2 aromatic rings. The highest BCUT2D eigenvalue weighted by molar-refractivity contribution is 5.93. The number of nitrogens with zero attached hydrogens (tertiary/aromatic N) is 4. The fourth-order valence-electron chi connectivity index (χ4n) is 3.34. The molecule has 1 fully saturated rings. The summed E-state index contributed by atoms with van der Waals surface area (Å²) in [6.45, 7) is 1.58. The molecule has 0 radical (unpaired) electrons. The lowest BCUT2D eigenvalue weighted by atomic mass is 10.2. The van der Waals surface area contributed by atoms with Gasteiger partial charge in [0.15, 0.2) is 5.65 Å². The molecule has 8 nitrogen and oxygen atoms in total. The number of carbonyl (C=O) groups is 2. The third kappa shape index (κ3) is 3.79. The molecule has 1 aliphatic rings. The topological polar surface area (TPSA) is 89.2 Å². The molecular formula is C18H25N5O3. The average molecular weight is 359 g/mol. The van der Waals surface area contributed by atoms with Crippen LogP contribution in [0.1, 0.15) is 38.5 Å². The molecule has 0 aromatic carbocycles. The number of amides is 2. The number of pyridine rings is 1. The van der Waals surface area contributed by atoms with Gasteiger partial charge in [-0.1, -0.05) is 12.8 Å². The third-order valence-electron chi connectivity index (χ3n) is 4.90. The number of anilines is 1. The quantitative estimate of drug-likeness (QED) is 0.893. The first kappa shape index (κ1) is 18.2. The first-order valence-electron chi connectivity index (χ1n) is 9.07. The minimum absolute atomic E-state index is 0.0379. The lowest BCUT2D eigenvalue weighted by molar-refractivity contribution is -0.132. The van der Waals surface area contributed by atoms with Gasteiger partial charge in [-0.15, -0.1) is 0 Å². The molecule has 3 rings (SSSR count). The largest absolute Gasteiger partial charge is 0.343 e. The number of aromatic nitrogens is 3. The molecule has 0 spiro atoms. The normalized spacial score (nSPS) is 15.1. The van der Waals surface area contributed by atoms with Crippen LogP contribution in [0, 0.1) is 0 Å². The minimum atomic E-state index is -0.249. The Morgan fingerprint density at radius 3 is 2.42 bits per heavy atom. The van der Waals surface area contributed by atoms with Crippen LogP contribution in [0.3, 0.4) is 0 Å². The predicted octanol–water partition coefficient (Wildman–Crippen LogP) is 1.39. The van der Waals surface area contributed by atoms with Gasteiger partial charge in [0.25, 0.3) is 0 Å². The molecule has 1 saturated heterocycles.